The van der Waals surface area contributed by atoms with Gasteiger partial charge >= 0.3 is 0 Å². The maximum absolute atomic E-state index is 11.8. The van der Waals surface area contributed by atoms with Gasteiger partial charge in [0.25, 0.3) is 0 Å². The SMILES string of the molecule is COc1ccc(NC(=O)[C@@H](N)CCCN=C(N)N)cc1. The van der Waals surface area contributed by atoms with Crippen molar-refractivity contribution in [1.29, 1.82) is 0 Å². The molecule has 7 heteroatoms. The van der Waals surface area contributed by atoms with E-state index in [2.05, 4.69) is 10.3 Å². The number of nitrogens with one attached hydrogen (secondary N) is 1. The van der Waals surface area contributed by atoms with Gasteiger partial charge in [-0.1, -0.05) is 0 Å². The molecular formula is C13H21N5O2. The summed E-state index contributed by atoms with van der Waals surface area (Å²) in [5.41, 5.74) is 16.9. The van der Waals surface area contributed by atoms with Crippen molar-refractivity contribution in [2.75, 3.05) is 19.0 Å². The van der Waals surface area contributed by atoms with Crippen LogP contribution in [0.2, 0.25) is 0 Å². The third-order valence-corrected chi connectivity index (χ3v) is 2.66. The molecule has 7 N–H and O–H groups in total. The van der Waals surface area contributed by atoms with Gasteiger partial charge in [0, 0.05) is 12.2 Å². The maximum Gasteiger partial charge on any atom is 0.241 e. The van der Waals surface area contributed by atoms with E-state index in [1.165, 1.54) is 0 Å². The molecule has 0 aliphatic rings. The van der Waals surface area contributed by atoms with Crippen LogP contribution in [0.4, 0.5) is 5.69 Å². The number of benzene rings is 1. The lowest BCUT2D eigenvalue weighted by molar-refractivity contribution is -0.117. The molecule has 1 rings (SSSR count). The third kappa shape index (κ3) is 5.57. The zero-order chi connectivity index (χ0) is 15.0. The monoisotopic (exact) mass is 279 g/mol. The smallest absolute Gasteiger partial charge is 0.241 e. The van der Waals surface area contributed by atoms with E-state index >= 15 is 0 Å². The minimum Gasteiger partial charge on any atom is -0.497 e. The van der Waals surface area contributed by atoms with Gasteiger partial charge in [-0.15, -0.1) is 0 Å². The van der Waals surface area contributed by atoms with Crippen LogP contribution in [0.25, 0.3) is 0 Å². The van der Waals surface area contributed by atoms with Crippen molar-refractivity contribution in [3.05, 3.63) is 24.3 Å². The number of hydrogen-bond donors (Lipinski definition) is 4. The van der Waals surface area contributed by atoms with Crippen molar-refractivity contribution in [3.8, 4) is 5.75 Å². The first kappa shape index (κ1) is 15.8. The molecule has 0 heterocycles. The first-order chi connectivity index (χ1) is 9.52. The number of nitrogens with two attached hydrogens (primary N) is 3. The van der Waals surface area contributed by atoms with Crippen LogP contribution in [0.5, 0.6) is 5.75 Å². The predicted molar refractivity (Wildman–Crippen MR) is 79.5 cm³/mol. The topological polar surface area (TPSA) is 129 Å². The zero-order valence-corrected chi connectivity index (χ0v) is 11.5. The van der Waals surface area contributed by atoms with Crippen LogP contribution in [0.3, 0.4) is 0 Å². The predicted octanol–water partition coefficient (Wildman–Crippen LogP) is 0.0146. The Labute approximate surface area is 118 Å². The quantitative estimate of drug-likeness (QED) is 0.317. The van der Waals surface area contributed by atoms with Crippen molar-refractivity contribution in [2.24, 2.45) is 22.2 Å². The number of aliphatic imine (C=N–C) groups is 1. The number of rotatable bonds is 7. The summed E-state index contributed by atoms with van der Waals surface area (Å²) in [4.78, 5) is 15.7. The van der Waals surface area contributed by atoms with E-state index in [0.717, 1.165) is 5.75 Å². The Hall–Kier alpha value is -2.28. The lowest BCUT2D eigenvalue weighted by Gasteiger charge is -2.12. The Bertz CT molecular complexity index is 454. The maximum atomic E-state index is 11.8. The molecule has 0 aromatic heterocycles. The highest BCUT2D eigenvalue weighted by molar-refractivity contribution is 5.94. The molecular weight excluding hydrogens is 258 g/mol. The largest absolute Gasteiger partial charge is 0.497 e. The molecule has 0 aliphatic heterocycles. The van der Waals surface area contributed by atoms with E-state index in [1.807, 2.05) is 0 Å². The molecule has 110 valence electrons. The zero-order valence-electron chi connectivity index (χ0n) is 11.5. The van der Waals surface area contributed by atoms with Crippen molar-refractivity contribution >= 4 is 17.6 Å². The fraction of sp³-hybridized carbons (Fsp3) is 0.385. The molecule has 0 spiro atoms. The molecule has 0 aliphatic carbocycles. The van der Waals surface area contributed by atoms with Crippen molar-refractivity contribution < 1.29 is 9.53 Å². The van der Waals surface area contributed by atoms with Crippen LogP contribution < -0.4 is 27.3 Å². The summed E-state index contributed by atoms with van der Waals surface area (Å²) in [6, 6.07) is 6.44. The molecule has 1 aromatic rings. The summed E-state index contributed by atoms with van der Waals surface area (Å²) in [6.45, 7) is 0.464. The van der Waals surface area contributed by atoms with E-state index in [-0.39, 0.29) is 11.9 Å². The summed E-state index contributed by atoms with van der Waals surface area (Å²) in [5, 5.41) is 2.74. The first-order valence-electron chi connectivity index (χ1n) is 6.29. The standard InChI is InChI=1S/C13H21N5O2/c1-20-10-6-4-9(5-7-10)18-12(19)11(14)3-2-8-17-13(15)16/h4-7,11H,2-3,8,14H2,1H3,(H,18,19)(H4,15,16,17)/t11-/m0/s1. The Kier molecular flexibility index (Phi) is 6.31. The summed E-state index contributed by atoms with van der Waals surface area (Å²) in [7, 11) is 1.58. The van der Waals surface area contributed by atoms with Gasteiger partial charge in [0.05, 0.1) is 13.2 Å². The van der Waals surface area contributed by atoms with E-state index in [0.29, 0.717) is 25.1 Å². The lowest BCUT2D eigenvalue weighted by Crippen LogP contribution is -2.35. The number of nitrogens with zero attached hydrogens (tertiary/aromatic N) is 1. The third-order valence-electron chi connectivity index (χ3n) is 2.66. The van der Waals surface area contributed by atoms with Gasteiger partial charge in [-0.2, -0.15) is 0 Å². The first-order valence-corrected chi connectivity index (χ1v) is 6.29. The van der Waals surface area contributed by atoms with Gasteiger partial charge in [-0.3, -0.25) is 9.79 Å². The molecule has 0 unspecified atom stereocenters. The minimum atomic E-state index is -0.591. The van der Waals surface area contributed by atoms with E-state index < -0.39 is 6.04 Å². The fourth-order valence-corrected chi connectivity index (χ4v) is 1.56. The Morgan fingerprint density at radius 3 is 2.55 bits per heavy atom. The molecule has 0 bridgehead atoms. The van der Waals surface area contributed by atoms with E-state index in [9.17, 15) is 4.79 Å². The summed E-state index contributed by atoms with van der Waals surface area (Å²) >= 11 is 0. The highest BCUT2D eigenvalue weighted by Gasteiger charge is 2.12. The Morgan fingerprint density at radius 1 is 1.35 bits per heavy atom. The second-order valence-electron chi connectivity index (χ2n) is 4.27. The average Bonchev–Trinajstić information content (AvgIpc) is 2.44. The van der Waals surface area contributed by atoms with Gasteiger partial charge in [-0.05, 0) is 37.1 Å². The van der Waals surface area contributed by atoms with Crippen LogP contribution in [0, 0.1) is 0 Å². The van der Waals surface area contributed by atoms with Gasteiger partial charge in [0.2, 0.25) is 5.91 Å². The number of ether oxygens (including phenoxy) is 1. The van der Waals surface area contributed by atoms with Crippen LogP contribution >= 0.6 is 0 Å². The van der Waals surface area contributed by atoms with Crippen molar-refractivity contribution in [3.63, 3.8) is 0 Å². The molecule has 0 saturated heterocycles. The Morgan fingerprint density at radius 2 is 2.00 bits per heavy atom. The molecule has 0 radical (unpaired) electrons. The molecule has 7 nitrogen and oxygen atoms in total. The van der Waals surface area contributed by atoms with Crippen molar-refractivity contribution in [1.82, 2.24) is 0 Å². The van der Waals surface area contributed by atoms with Gasteiger partial charge in [0.15, 0.2) is 5.96 Å². The van der Waals surface area contributed by atoms with E-state index in [4.69, 9.17) is 21.9 Å². The van der Waals surface area contributed by atoms with Gasteiger partial charge in [-0.25, -0.2) is 0 Å². The number of anilines is 1. The van der Waals surface area contributed by atoms with Gasteiger partial charge in [0.1, 0.15) is 5.75 Å². The summed E-state index contributed by atoms with van der Waals surface area (Å²) in [5.74, 6) is 0.533. The number of amides is 1. The van der Waals surface area contributed by atoms with Crippen LogP contribution in [-0.2, 0) is 4.79 Å². The number of methoxy groups -OCH3 is 1. The van der Waals surface area contributed by atoms with E-state index in [1.54, 1.807) is 31.4 Å². The van der Waals surface area contributed by atoms with Crippen LogP contribution in [0.1, 0.15) is 12.8 Å². The lowest BCUT2D eigenvalue weighted by atomic mass is 10.1. The second-order valence-corrected chi connectivity index (χ2v) is 4.27. The summed E-state index contributed by atoms with van der Waals surface area (Å²) < 4.78 is 5.04. The van der Waals surface area contributed by atoms with Crippen LogP contribution in [-0.4, -0.2) is 31.6 Å². The minimum absolute atomic E-state index is 0.0428. The fourth-order valence-electron chi connectivity index (χ4n) is 1.56. The highest BCUT2D eigenvalue weighted by atomic mass is 16.5. The van der Waals surface area contributed by atoms with Crippen molar-refractivity contribution in [2.45, 2.75) is 18.9 Å². The number of carbonyl (C=O) groups is 1. The Balaban J connectivity index is 2.38. The molecule has 1 aromatic carbocycles. The van der Waals surface area contributed by atoms with Crippen LogP contribution in [0.15, 0.2) is 29.3 Å². The number of hydrogen-bond acceptors (Lipinski definition) is 4. The molecule has 1 amide bonds. The average molecular weight is 279 g/mol. The number of guanidine groups is 1. The molecule has 0 saturated carbocycles. The normalized spacial score (nSPS) is 11.5. The highest BCUT2D eigenvalue weighted by Crippen LogP contribution is 2.15. The number of carbonyl (C=O) groups excluding carboxylic acids is 1. The van der Waals surface area contributed by atoms with Gasteiger partial charge < -0.3 is 27.3 Å². The molecule has 0 fully saturated rings. The molecule has 20 heavy (non-hydrogen) atoms. The second kappa shape index (κ2) is 8.00. The molecule has 1 atom stereocenters. The summed E-state index contributed by atoms with van der Waals surface area (Å²) in [6.07, 6.45) is 1.16.